The van der Waals surface area contributed by atoms with Crippen LogP contribution in [0.1, 0.15) is 30.4 Å². The van der Waals surface area contributed by atoms with Crippen LogP contribution in [0.25, 0.3) is 11.4 Å². The molecule has 1 heterocycles. The summed E-state index contributed by atoms with van der Waals surface area (Å²) in [4.78, 5) is 28.7. The number of nitrogens with zero attached hydrogens (tertiary/aromatic N) is 2. The molecule has 0 aliphatic heterocycles. The lowest BCUT2D eigenvalue weighted by atomic mass is 10.1. The van der Waals surface area contributed by atoms with E-state index in [2.05, 4.69) is 15.5 Å². The van der Waals surface area contributed by atoms with Gasteiger partial charge in [-0.2, -0.15) is 4.98 Å². The van der Waals surface area contributed by atoms with Crippen LogP contribution in [0.5, 0.6) is 0 Å². The Morgan fingerprint density at radius 3 is 2.66 bits per heavy atom. The number of aromatic nitrogens is 2. The van der Waals surface area contributed by atoms with Crippen molar-refractivity contribution in [3.05, 3.63) is 65.5 Å². The average molecular weight is 393 g/mol. The summed E-state index contributed by atoms with van der Waals surface area (Å²) < 4.78 is 10.4. The van der Waals surface area contributed by atoms with Gasteiger partial charge in [0.15, 0.2) is 6.10 Å². The van der Waals surface area contributed by atoms with Crippen molar-refractivity contribution in [1.82, 2.24) is 10.1 Å². The van der Waals surface area contributed by atoms with Crippen LogP contribution in [-0.2, 0) is 20.7 Å². The van der Waals surface area contributed by atoms with E-state index in [-0.39, 0.29) is 18.7 Å². The second-order valence-electron chi connectivity index (χ2n) is 6.82. The van der Waals surface area contributed by atoms with Crippen molar-refractivity contribution >= 4 is 17.6 Å². The lowest BCUT2D eigenvalue weighted by Gasteiger charge is -2.15. The van der Waals surface area contributed by atoms with Gasteiger partial charge in [-0.3, -0.25) is 9.59 Å². The standard InChI is InChI=1S/C22H23N3O4/c1-14-9-10-15(2)18(13-14)23-22(27)16(3)28-20(26)12-11-19-24-21(25-29-19)17-7-5-4-6-8-17/h4-10,13,16H,11-12H2,1-3H3,(H,23,27)/t16-/m0/s1. The number of hydrogen-bond acceptors (Lipinski definition) is 6. The molecule has 0 saturated heterocycles. The smallest absolute Gasteiger partial charge is 0.307 e. The molecule has 150 valence electrons. The Hall–Kier alpha value is -3.48. The van der Waals surface area contributed by atoms with E-state index >= 15 is 0 Å². The van der Waals surface area contributed by atoms with Crippen molar-refractivity contribution in [1.29, 1.82) is 0 Å². The van der Waals surface area contributed by atoms with Gasteiger partial charge in [0.25, 0.3) is 5.91 Å². The number of aryl methyl sites for hydroxylation is 3. The van der Waals surface area contributed by atoms with Crippen LogP contribution in [0.4, 0.5) is 5.69 Å². The van der Waals surface area contributed by atoms with Crippen LogP contribution < -0.4 is 5.32 Å². The monoisotopic (exact) mass is 393 g/mol. The van der Waals surface area contributed by atoms with Gasteiger partial charge in [-0.1, -0.05) is 47.6 Å². The van der Waals surface area contributed by atoms with Crippen LogP contribution in [0, 0.1) is 13.8 Å². The predicted octanol–water partition coefficient (Wildman–Crippen LogP) is 3.86. The molecule has 1 amide bonds. The highest BCUT2D eigenvalue weighted by Gasteiger charge is 2.19. The number of benzene rings is 2. The number of ether oxygens (including phenoxy) is 1. The molecule has 0 fully saturated rings. The summed E-state index contributed by atoms with van der Waals surface area (Å²) in [6.45, 7) is 5.39. The molecular weight excluding hydrogens is 370 g/mol. The number of nitrogens with one attached hydrogen (secondary N) is 1. The Bertz CT molecular complexity index is 998. The zero-order chi connectivity index (χ0) is 20.8. The van der Waals surface area contributed by atoms with Crippen molar-refractivity contribution < 1.29 is 18.8 Å². The van der Waals surface area contributed by atoms with Crippen molar-refractivity contribution in [3.8, 4) is 11.4 Å². The molecule has 0 saturated carbocycles. The topological polar surface area (TPSA) is 94.3 Å². The number of carbonyl (C=O) groups is 2. The van der Waals surface area contributed by atoms with Crippen LogP contribution >= 0.6 is 0 Å². The average Bonchev–Trinajstić information content (AvgIpc) is 3.19. The zero-order valence-corrected chi connectivity index (χ0v) is 16.6. The van der Waals surface area contributed by atoms with Gasteiger partial charge in [-0.25, -0.2) is 0 Å². The molecule has 7 nitrogen and oxygen atoms in total. The highest BCUT2D eigenvalue weighted by molar-refractivity contribution is 5.95. The molecular formula is C22H23N3O4. The maximum atomic E-state index is 12.3. The van der Waals surface area contributed by atoms with E-state index < -0.39 is 12.1 Å². The Labute approximate surface area is 169 Å². The van der Waals surface area contributed by atoms with Gasteiger partial charge in [-0.15, -0.1) is 0 Å². The van der Waals surface area contributed by atoms with Crippen LogP contribution in [0.2, 0.25) is 0 Å². The number of carbonyl (C=O) groups excluding carboxylic acids is 2. The number of hydrogen-bond donors (Lipinski definition) is 1. The molecule has 7 heteroatoms. The molecule has 1 N–H and O–H groups in total. The van der Waals surface area contributed by atoms with E-state index in [9.17, 15) is 9.59 Å². The van der Waals surface area contributed by atoms with E-state index in [1.54, 1.807) is 6.92 Å². The molecule has 0 radical (unpaired) electrons. The Morgan fingerprint density at radius 1 is 1.14 bits per heavy atom. The van der Waals surface area contributed by atoms with E-state index in [4.69, 9.17) is 9.26 Å². The van der Waals surface area contributed by atoms with Crippen LogP contribution in [0.15, 0.2) is 53.1 Å². The minimum atomic E-state index is -0.912. The second kappa shape index (κ2) is 9.14. The van der Waals surface area contributed by atoms with E-state index in [1.165, 1.54) is 0 Å². The molecule has 3 rings (SSSR count). The Kier molecular flexibility index (Phi) is 6.39. The number of amides is 1. The quantitative estimate of drug-likeness (QED) is 0.613. The van der Waals surface area contributed by atoms with Crippen molar-refractivity contribution in [3.63, 3.8) is 0 Å². The maximum Gasteiger partial charge on any atom is 0.307 e. The summed E-state index contributed by atoms with van der Waals surface area (Å²) in [6, 6.07) is 15.2. The van der Waals surface area contributed by atoms with Crippen molar-refractivity contribution in [2.24, 2.45) is 0 Å². The fraction of sp³-hybridized carbons (Fsp3) is 0.273. The number of rotatable bonds is 7. The van der Waals surface area contributed by atoms with Gasteiger partial charge in [0.05, 0.1) is 6.42 Å². The predicted molar refractivity (Wildman–Crippen MR) is 108 cm³/mol. The second-order valence-corrected chi connectivity index (χ2v) is 6.82. The summed E-state index contributed by atoms with van der Waals surface area (Å²) in [5.41, 5.74) is 3.51. The molecule has 2 aromatic carbocycles. The molecule has 0 spiro atoms. The van der Waals surface area contributed by atoms with Gasteiger partial charge in [0.1, 0.15) is 0 Å². The van der Waals surface area contributed by atoms with Gasteiger partial charge in [-0.05, 0) is 38.0 Å². The summed E-state index contributed by atoms with van der Waals surface area (Å²) in [6.07, 6.45) is -0.633. The molecule has 1 atom stereocenters. The number of anilines is 1. The third-order valence-electron chi connectivity index (χ3n) is 4.37. The molecule has 29 heavy (non-hydrogen) atoms. The Balaban J connectivity index is 1.49. The molecule has 0 aliphatic rings. The first-order chi connectivity index (χ1) is 13.9. The first-order valence-corrected chi connectivity index (χ1v) is 9.38. The molecule has 0 aliphatic carbocycles. The van der Waals surface area contributed by atoms with E-state index in [0.717, 1.165) is 16.7 Å². The first kappa shape index (κ1) is 20.3. The third kappa shape index (κ3) is 5.51. The molecule has 3 aromatic rings. The van der Waals surface area contributed by atoms with Gasteiger partial charge >= 0.3 is 5.97 Å². The zero-order valence-electron chi connectivity index (χ0n) is 16.6. The largest absolute Gasteiger partial charge is 0.453 e. The SMILES string of the molecule is Cc1ccc(C)c(NC(=O)[C@H](C)OC(=O)CCc2nc(-c3ccccc3)no2)c1. The summed E-state index contributed by atoms with van der Waals surface area (Å²) in [5, 5.41) is 6.71. The fourth-order valence-corrected chi connectivity index (χ4v) is 2.68. The lowest BCUT2D eigenvalue weighted by Crippen LogP contribution is -2.30. The highest BCUT2D eigenvalue weighted by Crippen LogP contribution is 2.17. The number of esters is 1. The van der Waals surface area contributed by atoms with Crippen molar-refractivity contribution in [2.45, 2.75) is 39.7 Å². The fourth-order valence-electron chi connectivity index (χ4n) is 2.68. The normalized spacial score (nSPS) is 11.7. The maximum absolute atomic E-state index is 12.3. The van der Waals surface area contributed by atoms with E-state index in [1.807, 2.05) is 62.4 Å². The van der Waals surface area contributed by atoms with Gasteiger partial charge in [0.2, 0.25) is 11.7 Å². The van der Waals surface area contributed by atoms with Crippen LogP contribution in [0.3, 0.4) is 0 Å². The van der Waals surface area contributed by atoms with Crippen LogP contribution in [-0.4, -0.2) is 28.1 Å². The van der Waals surface area contributed by atoms with Gasteiger partial charge in [0, 0.05) is 17.7 Å². The minimum absolute atomic E-state index is 0.0392. The molecule has 0 bridgehead atoms. The third-order valence-corrected chi connectivity index (χ3v) is 4.37. The molecule has 0 unspecified atom stereocenters. The molecule has 1 aromatic heterocycles. The van der Waals surface area contributed by atoms with Gasteiger partial charge < -0.3 is 14.6 Å². The minimum Gasteiger partial charge on any atom is -0.453 e. The first-order valence-electron chi connectivity index (χ1n) is 9.38. The lowest BCUT2D eigenvalue weighted by molar-refractivity contribution is -0.153. The summed E-state index contributed by atoms with van der Waals surface area (Å²) in [5.74, 6) is -0.0761. The van der Waals surface area contributed by atoms with Crippen molar-refractivity contribution in [2.75, 3.05) is 5.32 Å². The summed E-state index contributed by atoms with van der Waals surface area (Å²) >= 11 is 0. The Morgan fingerprint density at radius 2 is 1.90 bits per heavy atom. The van der Waals surface area contributed by atoms with E-state index in [0.29, 0.717) is 17.4 Å². The highest BCUT2D eigenvalue weighted by atomic mass is 16.5. The summed E-state index contributed by atoms with van der Waals surface area (Å²) in [7, 11) is 0.